The number of rotatable bonds is 5. The molecule has 0 aliphatic heterocycles. The largest absolute Gasteiger partial charge is 0.490 e. The lowest BCUT2D eigenvalue weighted by molar-refractivity contribution is -0.397. The Kier molecular flexibility index (Phi) is 5.33. The summed E-state index contributed by atoms with van der Waals surface area (Å²) in [5, 5.41) is 0. The molecule has 0 saturated heterocycles. The summed E-state index contributed by atoms with van der Waals surface area (Å²) in [6.45, 7) is -2.16. The maximum Gasteiger partial charge on any atom is 0.490 e. The maximum absolute atomic E-state index is 12.8. The van der Waals surface area contributed by atoms with E-state index in [0.717, 1.165) is 0 Å². The van der Waals surface area contributed by atoms with Crippen LogP contribution in [0.5, 0.6) is 0 Å². The molecule has 0 spiro atoms. The zero-order chi connectivity index (χ0) is 18.2. The number of halogens is 12. The molecule has 14 heteroatoms. The molecule has 0 rings (SSSR count). The Morgan fingerprint density at radius 1 is 0.727 bits per heavy atom. The van der Waals surface area contributed by atoms with E-state index in [9.17, 15) is 57.5 Å². The Labute approximate surface area is 113 Å². The van der Waals surface area contributed by atoms with E-state index in [1.165, 1.54) is 0 Å². The Morgan fingerprint density at radius 3 is 1.45 bits per heavy atom. The van der Waals surface area contributed by atoms with Gasteiger partial charge in [0.25, 0.3) is 0 Å². The number of carbonyl (C=O) groups excluding carboxylic acids is 1. The summed E-state index contributed by atoms with van der Waals surface area (Å²) in [5.41, 5.74) is 0. The summed E-state index contributed by atoms with van der Waals surface area (Å²) in [5.74, 6) is -23.3. The predicted octanol–water partition coefficient (Wildman–Crippen LogP) is 3.95. The molecule has 0 N–H and O–H groups in total. The molecule has 22 heavy (non-hydrogen) atoms. The quantitative estimate of drug-likeness (QED) is 0.548. The highest BCUT2D eigenvalue weighted by molar-refractivity contribution is 5.75. The van der Waals surface area contributed by atoms with E-state index in [4.69, 9.17) is 0 Å². The third-order valence-corrected chi connectivity index (χ3v) is 2.09. The van der Waals surface area contributed by atoms with Crippen LogP contribution in [-0.4, -0.2) is 42.7 Å². The van der Waals surface area contributed by atoms with Crippen molar-refractivity contribution in [3.63, 3.8) is 0 Å². The molecule has 0 radical (unpaired) electrons. The van der Waals surface area contributed by atoms with Gasteiger partial charge in [0.05, 0.1) is 13.0 Å². The molecule has 0 aliphatic carbocycles. The van der Waals surface area contributed by atoms with Gasteiger partial charge in [0, 0.05) is 0 Å². The summed E-state index contributed by atoms with van der Waals surface area (Å²) in [6.07, 6.45) is -15.4. The number of hydrogen-bond donors (Lipinski definition) is 0. The minimum Gasteiger partial charge on any atom is -0.459 e. The fraction of sp³-hybridized carbons (Fsp3) is 0.875. The van der Waals surface area contributed by atoms with Gasteiger partial charge in [-0.15, -0.1) is 0 Å². The smallest absolute Gasteiger partial charge is 0.459 e. The highest BCUT2D eigenvalue weighted by Gasteiger charge is 2.81. The highest BCUT2D eigenvalue weighted by atomic mass is 19.4. The van der Waals surface area contributed by atoms with Crippen LogP contribution in [0.1, 0.15) is 6.42 Å². The topological polar surface area (TPSA) is 26.3 Å². The number of ether oxygens (including phenoxy) is 1. The summed E-state index contributed by atoms with van der Waals surface area (Å²) in [6, 6.07) is 0. The SMILES string of the molecule is O=C(OCCC(F)(F)C(F)(F)C(F)(F)C(F)(F)F)C(F)(F)F. The highest BCUT2D eigenvalue weighted by Crippen LogP contribution is 2.53. The second-order valence-corrected chi connectivity index (χ2v) is 3.73. The number of carbonyl (C=O) groups is 1. The summed E-state index contributed by atoms with van der Waals surface area (Å²) < 4.78 is 148. The third-order valence-electron chi connectivity index (χ3n) is 2.09. The molecule has 0 aliphatic rings. The van der Waals surface area contributed by atoms with Crippen molar-refractivity contribution in [3.8, 4) is 0 Å². The van der Waals surface area contributed by atoms with Gasteiger partial charge in [-0.25, -0.2) is 4.79 Å². The van der Waals surface area contributed by atoms with Crippen molar-refractivity contribution in [2.24, 2.45) is 0 Å². The van der Waals surface area contributed by atoms with Crippen molar-refractivity contribution >= 4 is 5.97 Å². The Hall–Kier alpha value is -1.37. The zero-order valence-corrected chi connectivity index (χ0v) is 9.77. The Morgan fingerprint density at radius 2 is 1.14 bits per heavy atom. The minimum atomic E-state index is -7.16. The molecule has 0 atom stereocenters. The average Bonchev–Trinajstić information content (AvgIpc) is 2.25. The lowest BCUT2D eigenvalue weighted by Gasteiger charge is -2.33. The van der Waals surface area contributed by atoms with E-state index >= 15 is 0 Å². The fourth-order valence-electron chi connectivity index (χ4n) is 0.918. The van der Waals surface area contributed by atoms with Gasteiger partial charge < -0.3 is 4.74 Å². The summed E-state index contributed by atoms with van der Waals surface area (Å²) in [4.78, 5) is 10.0. The van der Waals surface area contributed by atoms with Crippen LogP contribution >= 0.6 is 0 Å². The Bertz CT molecular complexity index is 406. The maximum atomic E-state index is 12.8. The second kappa shape index (κ2) is 5.68. The molecule has 2 nitrogen and oxygen atoms in total. The molecule has 0 amide bonds. The molecule has 0 aromatic rings. The lowest BCUT2D eigenvalue weighted by atomic mass is 10.0. The lowest BCUT2D eigenvalue weighted by Crippen LogP contribution is -2.61. The predicted molar refractivity (Wildman–Crippen MR) is 42.5 cm³/mol. The van der Waals surface area contributed by atoms with E-state index < -0.39 is 49.1 Å². The van der Waals surface area contributed by atoms with Crippen LogP contribution < -0.4 is 0 Å². The normalized spacial score (nSPS) is 14.9. The average molecular weight is 360 g/mol. The molecule has 132 valence electrons. The molecule has 0 aromatic carbocycles. The van der Waals surface area contributed by atoms with Crippen LogP contribution in [0.25, 0.3) is 0 Å². The molecule has 0 saturated carbocycles. The van der Waals surface area contributed by atoms with Gasteiger partial charge in [-0.1, -0.05) is 0 Å². The van der Waals surface area contributed by atoms with E-state index in [-0.39, 0.29) is 0 Å². The Balaban J connectivity index is 5.05. The molecule has 0 bridgehead atoms. The van der Waals surface area contributed by atoms with Crippen LogP contribution in [0.4, 0.5) is 52.7 Å². The van der Waals surface area contributed by atoms with Crippen molar-refractivity contribution in [1.29, 1.82) is 0 Å². The van der Waals surface area contributed by atoms with E-state index in [0.29, 0.717) is 0 Å². The molecular formula is C8H4F12O2. The summed E-state index contributed by atoms with van der Waals surface area (Å²) in [7, 11) is 0. The number of hydrogen-bond acceptors (Lipinski definition) is 2. The van der Waals surface area contributed by atoms with Crippen LogP contribution in [-0.2, 0) is 9.53 Å². The monoisotopic (exact) mass is 360 g/mol. The van der Waals surface area contributed by atoms with Gasteiger partial charge in [0.15, 0.2) is 0 Å². The third kappa shape index (κ3) is 3.88. The van der Waals surface area contributed by atoms with E-state index in [1.807, 2.05) is 0 Å². The molecule has 0 unspecified atom stereocenters. The first-order valence-corrected chi connectivity index (χ1v) is 4.82. The summed E-state index contributed by atoms with van der Waals surface area (Å²) >= 11 is 0. The van der Waals surface area contributed by atoms with Crippen LogP contribution in [0, 0.1) is 0 Å². The van der Waals surface area contributed by atoms with Crippen molar-refractivity contribution in [2.45, 2.75) is 36.5 Å². The molecule has 0 heterocycles. The molecule has 0 aromatic heterocycles. The van der Waals surface area contributed by atoms with Crippen molar-refractivity contribution < 1.29 is 62.2 Å². The number of esters is 1. The van der Waals surface area contributed by atoms with Crippen molar-refractivity contribution in [2.75, 3.05) is 6.61 Å². The molecular weight excluding hydrogens is 356 g/mol. The number of alkyl halides is 12. The van der Waals surface area contributed by atoms with Gasteiger partial charge in [-0.05, 0) is 0 Å². The van der Waals surface area contributed by atoms with E-state index in [1.54, 1.807) is 0 Å². The van der Waals surface area contributed by atoms with Crippen LogP contribution in [0.2, 0.25) is 0 Å². The van der Waals surface area contributed by atoms with Crippen LogP contribution in [0.15, 0.2) is 0 Å². The van der Waals surface area contributed by atoms with Gasteiger partial charge >= 0.3 is 36.1 Å². The fourth-order valence-corrected chi connectivity index (χ4v) is 0.918. The van der Waals surface area contributed by atoms with Crippen molar-refractivity contribution in [1.82, 2.24) is 0 Å². The van der Waals surface area contributed by atoms with Gasteiger partial charge in [0.1, 0.15) is 0 Å². The first kappa shape index (κ1) is 20.6. The standard InChI is InChI=1S/C8H4F12O2/c9-4(10,1-2-22-3(21)5(11,12)13)6(14,15)7(16,17)8(18,19)20/h1-2H2. The first-order valence-electron chi connectivity index (χ1n) is 4.82. The van der Waals surface area contributed by atoms with Gasteiger partial charge in [-0.2, -0.15) is 52.7 Å². The van der Waals surface area contributed by atoms with Gasteiger partial charge in [-0.3, -0.25) is 0 Å². The van der Waals surface area contributed by atoms with Gasteiger partial charge in [0.2, 0.25) is 0 Å². The van der Waals surface area contributed by atoms with Crippen LogP contribution in [0.3, 0.4) is 0 Å². The first-order chi connectivity index (χ1) is 9.38. The minimum absolute atomic E-state index is 2.16. The van der Waals surface area contributed by atoms with Crippen molar-refractivity contribution in [3.05, 3.63) is 0 Å². The van der Waals surface area contributed by atoms with E-state index in [2.05, 4.69) is 4.74 Å². The molecule has 0 fully saturated rings. The second-order valence-electron chi connectivity index (χ2n) is 3.73. The zero-order valence-electron chi connectivity index (χ0n) is 9.77.